The first-order chi connectivity index (χ1) is 16.5. The second-order valence-corrected chi connectivity index (χ2v) is 11.5. The molecule has 1 aliphatic carbocycles. The van der Waals surface area contributed by atoms with Gasteiger partial charge in [0, 0.05) is 31.1 Å². The van der Waals surface area contributed by atoms with Crippen LogP contribution in [0.25, 0.3) is 5.57 Å². The molecule has 2 fully saturated rings. The van der Waals surface area contributed by atoms with Gasteiger partial charge in [0.1, 0.15) is 5.75 Å². The van der Waals surface area contributed by atoms with Crippen molar-refractivity contribution < 1.29 is 18.3 Å². The molecule has 0 bridgehead atoms. The Morgan fingerprint density at radius 3 is 2.38 bits per heavy atom. The minimum absolute atomic E-state index is 0.0326. The van der Waals surface area contributed by atoms with E-state index in [0.717, 1.165) is 32.2 Å². The van der Waals surface area contributed by atoms with Gasteiger partial charge in [-0.25, -0.2) is 8.42 Å². The van der Waals surface area contributed by atoms with Gasteiger partial charge in [0.25, 0.3) is 0 Å². The van der Waals surface area contributed by atoms with Crippen LogP contribution in [0, 0.1) is 0 Å². The van der Waals surface area contributed by atoms with Crippen molar-refractivity contribution in [1.29, 1.82) is 0 Å². The Labute approximate surface area is 202 Å². The third kappa shape index (κ3) is 4.31. The maximum absolute atomic E-state index is 13.5. The first-order valence-corrected chi connectivity index (χ1v) is 13.8. The molecule has 3 aliphatic rings. The van der Waals surface area contributed by atoms with Crippen molar-refractivity contribution in [3.05, 3.63) is 65.7 Å². The number of aliphatic hydroxyl groups is 1. The molecule has 0 aromatic heterocycles. The number of rotatable bonds is 6. The molecule has 0 unspecified atom stereocenters. The van der Waals surface area contributed by atoms with Crippen LogP contribution in [-0.2, 0) is 10.0 Å². The van der Waals surface area contributed by atoms with E-state index in [1.54, 1.807) is 35.7 Å². The lowest BCUT2D eigenvalue weighted by atomic mass is 9.74. The molecule has 2 aromatic carbocycles. The van der Waals surface area contributed by atoms with Crippen LogP contribution in [0.15, 0.2) is 59.5 Å². The van der Waals surface area contributed by atoms with Crippen molar-refractivity contribution in [2.75, 3.05) is 33.4 Å². The summed E-state index contributed by atoms with van der Waals surface area (Å²) in [6, 6.07) is 15.5. The fourth-order valence-corrected chi connectivity index (χ4v) is 7.37. The van der Waals surface area contributed by atoms with Crippen molar-refractivity contribution in [3.63, 3.8) is 0 Å². The lowest BCUT2D eigenvalue weighted by molar-refractivity contribution is -0.0553. The Hall–Kier alpha value is -2.19. The Bertz CT molecular complexity index is 1130. The van der Waals surface area contributed by atoms with E-state index < -0.39 is 10.0 Å². The number of hydrogen-bond donors (Lipinski definition) is 1. The third-order valence-electron chi connectivity index (χ3n) is 7.74. The Morgan fingerprint density at radius 1 is 1.00 bits per heavy atom. The Morgan fingerprint density at radius 2 is 1.74 bits per heavy atom. The topological polar surface area (TPSA) is 70.1 Å². The first kappa shape index (κ1) is 23.5. The summed E-state index contributed by atoms with van der Waals surface area (Å²) in [7, 11) is -2.04. The van der Waals surface area contributed by atoms with Gasteiger partial charge in [-0.2, -0.15) is 4.31 Å². The third-order valence-corrected chi connectivity index (χ3v) is 9.62. The van der Waals surface area contributed by atoms with Crippen molar-refractivity contribution in [1.82, 2.24) is 9.21 Å². The number of nitrogens with zero attached hydrogens (tertiary/aromatic N) is 2. The highest BCUT2D eigenvalue weighted by atomic mass is 32.2. The fourth-order valence-electron chi connectivity index (χ4n) is 5.88. The van der Waals surface area contributed by atoms with E-state index in [1.807, 2.05) is 0 Å². The number of fused-ring (bicyclic) bond motifs is 1. The molecule has 5 rings (SSSR count). The zero-order valence-corrected chi connectivity index (χ0v) is 20.6. The molecule has 2 saturated heterocycles. The van der Waals surface area contributed by atoms with E-state index in [-0.39, 0.29) is 24.6 Å². The lowest BCUT2D eigenvalue weighted by Crippen LogP contribution is -2.67. The Kier molecular flexibility index (Phi) is 6.80. The van der Waals surface area contributed by atoms with E-state index in [9.17, 15) is 13.5 Å². The molecule has 6 nitrogen and oxygen atoms in total. The summed E-state index contributed by atoms with van der Waals surface area (Å²) in [6.45, 7) is 1.93. The summed E-state index contributed by atoms with van der Waals surface area (Å²) >= 11 is 0. The second-order valence-electron chi connectivity index (χ2n) is 9.57. The largest absolute Gasteiger partial charge is 0.497 e. The summed E-state index contributed by atoms with van der Waals surface area (Å²) in [4.78, 5) is 2.61. The molecule has 0 amide bonds. The zero-order chi connectivity index (χ0) is 23.7. The SMILES string of the molecule is COc1ccc(S(=O)(=O)N2CCCCN3[C@H](CO)[C@H](c4ccc(C5=CCCC5)cc4)[C@@H]3C2)cc1. The maximum atomic E-state index is 13.5. The summed E-state index contributed by atoms with van der Waals surface area (Å²) in [5.41, 5.74) is 3.88. The standard InChI is InChI=1S/C27H34N2O4S/c1-33-23-12-14-24(15-13-23)34(31,32)28-16-4-5-17-29-25(18-28)27(26(29)19-30)22-10-8-21(9-11-22)20-6-2-3-7-20/h6,8-15,25-27,30H,2-5,7,16-19H2,1H3/t25-,26+,27+/m0/s1. The molecular weight excluding hydrogens is 448 g/mol. The van der Waals surface area contributed by atoms with Crippen molar-refractivity contribution in [3.8, 4) is 5.75 Å². The highest BCUT2D eigenvalue weighted by molar-refractivity contribution is 7.89. The van der Waals surface area contributed by atoms with E-state index in [0.29, 0.717) is 23.7 Å². The van der Waals surface area contributed by atoms with E-state index in [1.165, 1.54) is 23.1 Å². The molecule has 3 atom stereocenters. The quantitative estimate of drug-likeness (QED) is 0.677. The van der Waals surface area contributed by atoms with Crippen LogP contribution in [0.5, 0.6) is 5.75 Å². The van der Waals surface area contributed by atoms with Gasteiger partial charge in [-0.1, -0.05) is 30.3 Å². The number of methoxy groups -OCH3 is 1. The monoisotopic (exact) mass is 482 g/mol. The normalized spacial score (nSPS) is 26.2. The molecule has 182 valence electrons. The number of sulfonamides is 1. The van der Waals surface area contributed by atoms with Crippen LogP contribution >= 0.6 is 0 Å². The van der Waals surface area contributed by atoms with E-state index >= 15 is 0 Å². The minimum Gasteiger partial charge on any atom is -0.497 e. The van der Waals surface area contributed by atoms with Gasteiger partial charge in [0.15, 0.2) is 0 Å². The van der Waals surface area contributed by atoms with Gasteiger partial charge >= 0.3 is 0 Å². The second kappa shape index (κ2) is 9.82. The molecule has 0 radical (unpaired) electrons. The highest BCUT2D eigenvalue weighted by Crippen LogP contribution is 2.43. The van der Waals surface area contributed by atoms with E-state index in [4.69, 9.17) is 4.74 Å². The first-order valence-electron chi connectivity index (χ1n) is 12.3. The summed E-state index contributed by atoms with van der Waals surface area (Å²) in [6.07, 6.45) is 7.57. The van der Waals surface area contributed by atoms with Crippen LogP contribution in [0.1, 0.15) is 49.1 Å². The average molecular weight is 483 g/mol. The zero-order valence-electron chi connectivity index (χ0n) is 19.8. The molecule has 2 aliphatic heterocycles. The summed E-state index contributed by atoms with van der Waals surface area (Å²) in [5.74, 6) is 0.753. The van der Waals surface area contributed by atoms with Gasteiger partial charge in [0.2, 0.25) is 10.0 Å². The average Bonchev–Trinajstić information content (AvgIpc) is 3.38. The maximum Gasteiger partial charge on any atom is 0.243 e. The molecular formula is C27H34N2O4S. The molecule has 2 aromatic rings. The molecule has 1 N–H and O–H groups in total. The Balaban J connectivity index is 1.40. The van der Waals surface area contributed by atoms with Crippen LogP contribution in [0.3, 0.4) is 0 Å². The molecule has 0 spiro atoms. The van der Waals surface area contributed by atoms with Crippen LogP contribution in [0.4, 0.5) is 0 Å². The summed E-state index contributed by atoms with van der Waals surface area (Å²) in [5, 5.41) is 10.2. The predicted octanol–water partition coefficient (Wildman–Crippen LogP) is 3.88. The molecule has 0 saturated carbocycles. The van der Waals surface area contributed by atoms with Crippen molar-refractivity contribution in [2.45, 2.75) is 55.0 Å². The number of benzene rings is 2. The van der Waals surface area contributed by atoms with Crippen molar-refractivity contribution in [2.24, 2.45) is 0 Å². The summed E-state index contributed by atoms with van der Waals surface area (Å²) < 4.78 is 33.9. The van der Waals surface area contributed by atoms with Gasteiger partial charge in [0.05, 0.1) is 18.6 Å². The highest BCUT2D eigenvalue weighted by Gasteiger charge is 2.50. The van der Waals surface area contributed by atoms with Gasteiger partial charge < -0.3 is 9.84 Å². The number of ether oxygens (including phenoxy) is 1. The van der Waals surface area contributed by atoms with E-state index in [2.05, 4.69) is 35.2 Å². The van der Waals surface area contributed by atoms with Gasteiger partial charge in [-0.05, 0) is 79.6 Å². The van der Waals surface area contributed by atoms with Gasteiger partial charge in [-0.3, -0.25) is 4.90 Å². The lowest BCUT2D eigenvalue weighted by Gasteiger charge is -2.57. The molecule has 34 heavy (non-hydrogen) atoms. The number of allylic oxidation sites excluding steroid dienone is 2. The number of aliphatic hydroxyl groups excluding tert-OH is 1. The molecule has 2 heterocycles. The van der Waals surface area contributed by atoms with Crippen LogP contribution in [-0.4, -0.2) is 68.2 Å². The smallest absolute Gasteiger partial charge is 0.243 e. The van der Waals surface area contributed by atoms with Crippen LogP contribution in [0.2, 0.25) is 0 Å². The van der Waals surface area contributed by atoms with Gasteiger partial charge in [-0.15, -0.1) is 0 Å². The van der Waals surface area contributed by atoms with Crippen LogP contribution < -0.4 is 4.74 Å². The molecule has 7 heteroatoms. The van der Waals surface area contributed by atoms with Crippen molar-refractivity contribution >= 4 is 15.6 Å². The minimum atomic E-state index is -3.62. The fraction of sp³-hybridized carbons (Fsp3) is 0.481. The predicted molar refractivity (Wildman–Crippen MR) is 133 cm³/mol. The number of hydrogen-bond acceptors (Lipinski definition) is 5.